The van der Waals surface area contributed by atoms with Gasteiger partial charge in [0.1, 0.15) is 18.0 Å². The zero-order valence-electron chi connectivity index (χ0n) is 16.0. The Hall–Kier alpha value is -3.06. The molecule has 0 spiro atoms. The third-order valence-corrected chi connectivity index (χ3v) is 4.81. The van der Waals surface area contributed by atoms with Crippen LogP contribution in [0.25, 0.3) is 0 Å². The van der Waals surface area contributed by atoms with Gasteiger partial charge in [0, 0.05) is 6.42 Å². The summed E-state index contributed by atoms with van der Waals surface area (Å²) in [6.45, 7) is 0. The van der Waals surface area contributed by atoms with Gasteiger partial charge >= 0.3 is 5.97 Å². The second kappa shape index (κ2) is 9.93. The van der Waals surface area contributed by atoms with Gasteiger partial charge < -0.3 is 25.0 Å². The fraction of sp³-hybridized carbons (Fsp3) is 0.364. The first kappa shape index (κ1) is 20.7. The summed E-state index contributed by atoms with van der Waals surface area (Å²) in [4.78, 5) is 22.6. The number of hydrogen-bond donors (Lipinski definition) is 3. The fourth-order valence-electron chi connectivity index (χ4n) is 3.34. The van der Waals surface area contributed by atoms with Crippen molar-refractivity contribution in [2.45, 2.75) is 50.4 Å². The highest BCUT2D eigenvalue weighted by Crippen LogP contribution is 2.34. The van der Waals surface area contributed by atoms with E-state index in [1.165, 1.54) is 0 Å². The third-order valence-electron chi connectivity index (χ3n) is 4.81. The maximum Gasteiger partial charge on any atom is 0.303 e. The second-order valence-electron chi connectivity index (χ2n) is 7.01. The molecular weight excluding hydrogens is 374 g/mol. The van der Waals surface area contributed by atoms with E-state index in [2.05, 4.69) is 5.32 Å². The molecule has 1 saturated carbocycles. The smallest absolute Gasteiger partial charge is 0.303 e. The molecule has 154 valence electrons. The minimum atomic E-state index is -1.03. The van der Waals surface area contributed by atoms with E-state index < -0.39 is 24.2 Å². The normalized spacial score (nSPS) is 21.2. The maximum atomic E-state index is 11.9. The Balaban J connectivity index is 1.64. The number of para-hydroxylation sites is 3. The molecule has 7 heteroatoms. The van der Waals surface area contributed by atoms with Crippen LogP contribution in [0.15, 0.2) is 54.6 Å². The number of ether oxygens (including phenoxy) is 2. The lowest BCUT2D eigenvalue weighted by molar-refractivity contribution is -0.139. The number of carbonyl (C=O) groups is 2. The van der Waals surface area contributed by atoms with Crippen LogP contribution in [0.4, 0.5) is 0 Å². The van der Waals surface area contributed by atoms with E-state index in [0.29, 0.717) is 30.1 Å². The highest BCUT2D eigenvalue weighted by molar-refractivity contribution is 5.80. The van der Waals surface area contributed by atoms with Crippen molar-refractivity contribution >= 4 is 11.9 Å². The molecule has 0 saturated heterocycles. The highest BCUT2D eigenvalue weighted by atomic mass is 16.5. The number of aliphatic carboxylic acids is 1. The largest absolute Gasteiger partial charge is 0.484 e. The first-order valence-electron chi connectivity index (χ1n) is 9.71. The van der Waals surface area contributed by atoms with Gasteiger partial charge in [0.2, 0.25) is 5.91 Å². The van der Waals surface area contributed by atoms with Gasteiger partial charge in [0.05, 0.1) is 12.5 Å². The number of carboxylic acid groups (broad SMARTS) is 1. The van der Waals surface area contributed by atoms with Crippen LogP contribution in [-0.4, -0.2) is 40.3 Å². The molecule has 0 aliphatic heterocycles. The van der Waals surface area contributed by atoms with Gasteiger partial charge in [-0.05, 0) is 43.5 Å². The van der Waals surface area contributed by atoms with Crippen molar-refractivity contribution in [3.8, 4) is 17.2 Å². The molecule has 0 aromatic heterocycles. The van der Waals surface area contributed by atoms with Crippen LogP contribution in [0, 0.1) is 0 Å². The SMILES string of the molecule is O=C(O)CCC(=O)N[C@@H]1CCC[C@@H](Oc2ccccc2Oc2ccccc2)[C@@H]1O. The predicted molar refractivity (Wildman–Crippen MR) is 106 cm³/mol. The molecule has 1 amide bonds. The van der Waals surface area contributed by atoms with Crippen LogP contribution in [-0.2, 0) is 9.59 Å². The van der Waals surface area contributed by atoms with E-state index in [-0.39, 0.29) is 18.7 Å². The average molecular weight is 399 g/mol. The first-order valence-corrected chi connectivity index (χ1v) is 9.71. The molecular formula is C22H25NO6. The monoisotopic (exact) mass is 399 g/mol. The molecule has 2 aromatic rings. The number of rotatable bonds is 8. The molecule has 0 radical (unpaired) electrons. The standard InChI is InChI=1S/C22H25NO6/c24-20(13-14-21(25)26)23-16-9-6-12-19(22(16)27)29-18-11-5-4-10-17(18)28-15-7-2-1-3-8-15/h1-5,7-8,10-11,16,19,22,27H,6,9,12-14H2,(H,23,24)(H,25,26)/t16-,19-,22-/m1/s1. The summed E-state index contributed by atoms with van der Waals surface area (Å²) in [5, 5.41) is 22.1. The van der Waals surface area contributed by atoms with Crippen LogP contribution in [0.3, 0.4) is 0 Å². The van der Waals surface area contributed by atoms with E-state index >= 15 is 0 Å². The quantitative estimate of drug-likeness (QED) is 0.630. The molecule has 1 fully saturated rings. The Kier molecular flexibility index (Phi) is 7.08. The molecule has 0 unspecified atom stereocenters. The van der Waals surface area contributed by atoms with Crippen molar-refractivity contribution < 1.29 is 29.3 Å². The second-order valence-corrected chi connectivity index (χ2v) is 7.01. The van der Waals surface area contributed by atoms with Crippen LogP contribution in [0.5, 0.6) is 17.2 Å². The Bertz CT molecular complexity index is 825. The Morgan fingerprint density at radius 3 is 2.38 bits per heavy atom. The van der Waals surface area contributed by atoms with Gasteiger partial charge in [-0.2, -0.15) is 0 Å². The van der Waals surface area contributed by atoms with E-state index in [1.54, 1.807) is 12.1 Å². The van der Waals surface area contributed by atoms with Gasteiger partial charge in [-0.3, -0.25) is 9.59 Å². The van der Waals surface area contributed by atoms with Gasteiger partial charge in [0.15, 0.2) is 11.5 Å². The highest BCUT2D eigenvalue weighted by Gasteiger charge is 2.34. The maximum absolute atomic E-state index is 11.9. The topological polar surface area (TPSA) is 105 Å². The lowest BCUT2D eigenvalue weighted by atomic mass is 9.89. The molecule has 2 aromatic carbocycles. The van der Waals surface area contributed by atoms with E-state index in [0.717, 1.165) is 6.42 Å². The zero-order chi connectivity index (χ0) is 20.6. The minimum absolute atomic E-state index is 0.113. The summed E-state index contributed by atoms with van der Waals surface area (Å²) in [5.74, 6) is 0.318. The number of amides is 1. The van der Waals surface area contributed by atoms with Crippen molar-refractivity contribution in [2.75, 3.05) is 0 Å². The van der Waals surface area contributed by atoms with E-state index in [1.807, 2.05) is 42.5 Å². The van der Waals surface area contributed by atoms with Crippen LogP contribution in [0.2, 0.25) is 0 Å². The zero-order valence-corrected chi connectivity index (χ0v) is 16.0. The summed E-state index contributed by atoms with van der Waals surface area (Å²) < 4.78 is 12.0. The molecule has 1 aliphatic rings. The van der Waals surface area contributed by atoms with Crippen molar-refractivity contribution in [1.29, 1.82) is 0 Å². The van der Waals surface area contributed by atoms with Gasteiger partial charge in [-0.25, -0.2) is 0 Å². The van der Waals surface area contributed by atoms with E-state index in [4.69, 9.17) is 14.6 Å². The van der Waals surface area contributed by atoms with Crippen molar-refractivity contribution in [3.63, 3.8) is 0 Å². The number of aliphatic hydroxyl groups excluding tert-OH is 1. The third kappa shape index (κ3) is 5.96. The lowest BCUT2D eigenvalue weighted by Gasteiger charge is -2.35. The number of aliphatic hydroxyl groups is 1. The van der Waals surface area contributed by atoms with Gasteiger partial charge in [-0.1, -0.05) is 30.3 Å². The summed E-state index contributed by atoms with van der Waals surface area (Å²) in [7, 11) is 0. The van der Waals surface area contributed by atoms with Crippen molar-refractivity contribution in [3.05, 3.63) is 54.6 Å². The first-order chi connectivity index (χ1) is 14.0. The predicted octanol–water partition coefficient (Wildman–Crippen LogP) is 3.12. The Labute approximate surface area is 169 Å². The van der Waals surface area contributed by atoms with Crippen LogP contribution >= 0.6 is 0 Å². The molecule has 3 N–H and O–H groups in total. The molecule has 0 heterocycles. The Morgan fingerprint density at radius 1 is 0.966 bits per heavy atom. The molecule has 3 rings (SSSR count). The molecule has 0 bridgehead atoms. The summed E-state index contributed by atoms with van der Waals surface area (Å²) >= 11 is 0. The van der Waals surface area contributed by atoms with Crippen molar-refractivity contribution in [2.24, 2.45) is 0 Å². The Morgan fingerprint density at radius 2 is 1.66 bits per heavy atom. The average Bonchev–Trinajstić information content (AvgIpc) is 2.71. The number of carboxylic acids is 1. The van der Waals surface area contributed by atoms with Gasteiger partial charge in [-0.15, -0.1) is 0 Å². The fourth-order valence-corrected chi connectivity index (χ4v) is 3.34. The summed E-state index contributed by atoms with van der Waals surface area (Å²) in [6.07, 6.45) is 0.269. The number of hydrogen-bond acceptors (Lipinski definition) is 5. The number of carbonyl (C=O) groups excluding carboxylic acids is 1. The number of benzene rings is 2. The van der Waals surface area contributed by atoms with Gasteiger partial charge in [0.25, 0.3) is 0 Å². The number of nitrogens with one attached hydrogen (secondary N) is 1. The lowest BCUT2D eigenvalue weighted by Crippen LogP contribution is -2.52. The minimum Gasteiger partial charge on any atom is -0.484 e. The van der Waals surface area contributed by atoms with Crippen LogP contribution < -0.4 is 14.8 Å². The molecule has 7 nitrogen and oxygen atoms in total. The van der Waals surface area contributed by atoms with Crippen molar-refractivity contribution in [1.82, 2.24) is 5.32 Å². The van der Waals surface area contributed by atoms with Crippen LogP contribution in [0.1, 0.15) is 32.1 Å². The summed E-state index contributed by atoms with van der Waals surface area (Å²) in [6, 6.07) is 16.1. The molecule has 1 aliphatic carbocycles. The molecule has 29 heavy (non-hydrogen) atoms. The molecule has 3 atom stereocenters. The summed E-state index contributed by atoms with van der Waals surface area (Å²) in [5.41, 5.74) is 0. The van der Waals surface area contributed by atoms with E-state index in [9.17, 15) is 14.7 Å².